The minimum absolute atomic E-state index is 0.0694. The number of hydrogen-bond acceptors (Lipinski definition) is 5. The number of sulfone groups is 1. The van der Waals surface area contributed by atoms with Crippen LogP contribution in [0.25, 0.3) is 0 Å². The second-order valence-electron chi connectivity index (χ2n) is 3.16. The van der Waals surface area contributed by atoms with Crippen LogP contribution in [0.4, 0.5) is 0 Å². The minimum atomic E-state index is -3.03. The van der Waals surface area contributed by atoms with Crippen molar-refractivity contribution in [2.75, 3.05) is 31.2 Å². The van der Waals surface area contributed by atoms with Gasteiger partial charge in [0.05, 0.1) is 18.1 Å². The van der Waals surface area contributed by atoms with Gasteiger partial charge in [0.2, 0.25) is 0 Å². The number of hydrogen-bond donors (Lipinski definition) is 0. The summed E-state index contributed by atoms with van der Waals surface area (Å²) in [5.41, 5.74) is 0. The van der Waals surface area contributed by atoms with E-state index >= 15 is 0 Å². The summed E-state index contributed by atoms with van der Waals surface area (Å²) >= 11 is 0. The summed E-state index contributed by atoms with van der Waals surface area (Å²) in [7, 11) is -3.03. The molecule has 1 aliphatic heterocycles. The van der Waals surface area contributed by atoms with Crippen LogP contribution in [-0.4, -0.2) is 56.4 Å². The third-order valence-corrected chi connectivity index (χ3v) is 3.69. The molecule has 1 heterocycles. The first kappa shape index (κ1) is 12.0. The molecule has 0 saturated carbocycles. The van der Waals surface area contributed by atoms with E-state index in [2.05, 4.69) is 4.74 Å². The number of rotatable bonds is 1. The third-order valence-electron chi connectivity index (χ3n) is 2.08. The summed E-state index contributed by atoms with van der Waals surface area (Å²) in [5.74, 6) is -1.85. The fraction of sp³-hybridized carbons (Fsp3) is 0.750. The first-order valence-corrected chi connectivity index (χ1v) is 6.45. The molecule has 0 aliphatic carbocycles. The van der Waals surface area contributed by atoms with E-state index in [0.717, 1.165) is 0 Å². The predicted molar refractivity (Wildman–Crippen MR) is 51.9 cm³/mol. The van der Waals surface area contributed by atoms with Crippen molar-refractivity contribution in [3.8, 4) is 0 Å². The lowest BCUT2D eigenvalue weighted by Crippen LogP contribution is -2.46. The molecule has 1 aliphatic rings. The molecule has 0 aromatic carbocycles. The SMILES string of the molecule is CCOC(=O)C(=O)N1CCS(=O)(=O)CC1. The molecule has 1 fully saturated rings. The van der Waals surface area contributed by atoms with Crippen molar-refractivity contribution >= 4 is 21.7 Å². The van der Waals surface area contributed by atoms with E-state index in [0.29, 0.717) is 0 Å². The van der Waals surface area contributed by atoms with Crippen LogP contribution in [0.5, 0.6) is 0 Å². The highest BCUT2D eigenvalue weighted by atomic mass is 32.2. The van der Waals surface area contributed by atoms with Crippen LogP contribution in [0, 0.1) is 0 Å². The number of carbonyl (C=O) groups is 2. The summed E-state index contributed by atoms with van der Waals surface area (Å²) in [5, 5.41) is 0. The van der Waals surface area contributed by atoms with Gasteiger partial charge in [0, 0.05) is 13.1 Å². The lowest BCUT2D eigenvalue weighted by molar-refractivity contribution is -0.159. The Labute approximate surface area is 88.1 Å². The van der Waals surface area contributed by atoms with Crippen molar-refractivity contribution in [1.29, 1.82) is 0 Å². The van der Waals surface area contributed by atoms with Crippen LogP contribution in [0.1, 0.15) is 6.92 Å². The average Bonchev–Trinajstić information content (AvgIpc) is 2.17. The molecule has 0 N–H and O–H groups in total. The van der Waals surface area contributed by atoms with Gasteiger partial charge in [-0.2, -0.15) is 0 Å². The zero-order valence-electron chi connectivity index (χ0n) is 8.43. The molecule has 86 valence electrons. The number of amides is 1. The second kappa shape index (κ2) is 4.61. The molecule has 0 radical (unpaired) electrons. The van der Waals surface area contributed by atoms with E-state index in [1.54, 1.807) is 6.92 Å². The first-order valence-electron chi connectivity index (χ1n) is 4.62. The second-order valence-corrected chi connectivity index (χ2v) is 5.47. The van der Waals surface area contributed by atoms with Gasteiger partial charge in [-0.1, -0.05) is 0 Å². The van der Waals surface area contributed by atoms with Gasteiger partial charge in [-0.3, -0.25) is 4.79 Å². The molecule has 1 rings (SSSR count). The smallest absolute Gasteiger partial charge is 0.397 e. The zero-order valence-corrected chi connectivity index (χ0v) is 9.25. The molecule has 0 aromatic rings. The third kappa shape index (κ3) is 3.19. The summed E-state index contributed by atoms with van der Waals surface area (Å²) in [6, 6.07) is 0. The molecule has 1 saturated heterocycles. The highest BCUT2D eigenvalue weighted by Gasteiger charge is 2.29. The van der Waals surface area contributed by atoms with Gasteiger partial charge in [-0.15, -0.1) is 0 Å². The molecule has 0 aromatic heterocycles. The summed E-state index contributed by atoms with van der Waals surface area (Å²) in [4.78, 5) is 23.6. The highest BCUT2D eigenvalue weighted by molar-refractivity contribution is 7.91. The van der Waals surface area contributed by atoms with Crippen molar-refractivity contribution in [2.45, 2.75) is 6.92 Å². The fourth-order valence-corrected chi connectivity index (χ4v) is 2.44. The van der Waals surface area contributed by atoms with Crippen molar-refractivity contribution in [2.24, 2.45) is 0 Å². The van der Waals surface area contributed by atoms with E-state index in [1.807, 2.05) is 0 Å². The summed E-state index contributed by atoms with van der Waals surface area (Å²) in [6.45, 7) is 1.88. The first-order chi connectivity index (χ1) is 6.96. The average molecular weight is 235 g/mol. The van der Waals surface area contributed by atoms with Crippen LogP contribution >= 0.6 is 0 Å². The Bertz CT molecular complexity index is 347. The number of nitrogens with zero attached hydrogens (tertiary/aromatic N) is 1. The quantitative estimate of drug-likeness (QED) is 0.421. The van der Waals surface area contributed by atoms with Gasteiger partial charge in [0.25, 0.3) is 0 Å². The van der Waals surface area contributed by atoms with Crippen LogP contribution in [0.3, 0.4) is 0 Å². The molecule has 15 heavy (non-hydrogen) atoms. The van der Waals surface area contributed by atoms with E-state index in [9.17, 15) is 18.0 Å². The van der Waals surface area contributed by atoms with Gasteiger partial charge in [0.15, 0.2) is 9.84 Å². The maximum absolute atomic E-state index is 11.4. The van der Waals surface area contributed by atoms with Crippen molar-refractivity contribution in [3.05, 3.63) is 0 Å². The molecule has 0 bridgehead atoms. The standard InChI is InChI=1S/C8H13NO5S/c1-2-14-8(11)7(10)9-3-5-15(12,13)6-4-9/h2-6H2,1H3. The van der Waals surface area contributed by atoms with E-state index in [1.165, 1.54) is 4.90 Å². The van der Waals surface area contributed by atoms with E-state index in [4.69, 9.17) is 0 Å². The van der Waals surface area contributed by atoms with Gasteiger partial charge in [-0.25, -0.2) is 13.2 Å². The van der Waals surface area contributed by atoms with Crippen LogP contribution < -0.4 is 0 Å². The van der Waals surface area contributed by atoms with Crippen molar-refractivity contribution < 1.29 is 22.7 Å². The molecular formula is C8H13NO5S. The van der Waals surface area contributed by atoms with Crippen LogP contribution in [0.2, 0.25) is 0 Å². The lowest BCUT2D eigenvalue weighted by atomic mass is 10.4. The molecule has 0 atom stereocenters. The zero-order chi connectivity index (χ0) is 11.5. The summed E-state index contributed by atoms with van der Waals surface area (Å²) < 4.78 is 26.6. The van der Waals surface area contributed by atoms with Crippen LogP contribution in [0.15, 0.2) is 0 Å². The van der Waals surface area contributed by atoms with E-state index in [-0.39, 0.29) is 31.2 Å². The Hall–Kier alpha value is -1.11. The fourth-order valence-electron chi connectivity index (χ4n) is 1.24. The highest BCUT2D eigenvalue weighted by Crippen LogP contribution is 2.04. The van der Waals surface area contributed by atoms with Gasteiger partial charge < -0.3 is 9.64 Å². The Balaban J connectivity index is 2.53. The number of carbonyl (C=O) groups excluding carboxylic acids is 2. The van der Waals surface area contributed by atoms with E-state index < -0.39 is 21.7 Å². The topological polar surface area (TPSA) is 80.8 Å². The molecule has 1 amide bonds. The maximum Gasteiger partial charge on any atom is 0.397 e. The maximum atomic E-state index is 11.4. The largest absolute Gasteiger partial charge is 0.459 e. The lowest BCUT2D eigenvalue weighted by Gasteiger charge is -2.25. The molecule has 6 nitrogen and oxygen atoms in total. The number of esters is 1. The minimum Gasteiger partial charge on any atom is -0.459 e. The Morgan fingerprint density at radius 3 is 2.27 bits per heavy atom. The monoisotopic (exact) mass is 235 g/mol. The molecular weight excluding hydrogens is 222 g/mol. The van der Waals surface area contributed by atoms with Gasteiger partial charge in [-0.05, 0) is 6.92 Å². The van der Waals surface area contributed by atoms with Crippen LogP contribution in [-0.2, 0) is 24.2 Å². The Kier molecular flexibility index (Phi) is 3.67. The van der Waals surface area contributed by atoms with Crippen molar-refractivity contribution in [3.63, 3.8) is 0 Å². The molecule has 0 spiro atoms. The Morgan fingerprint density at radius 1 is 1.27 bits per heavy atom. The van der Waals surface area contributed by atoms with Gasteiger partial charge in [0.1, 0.15) is 0 Å². The summed E-state index contributed by atoms with van der Waals surface area (Å²) in [6.07, 6.45) is 0. The molecule has 7 heteroatoms. The Morgan fingerprint density at radius 2 is 1.80 bits per heavy atom. The normalized spacial score (nSPS) is 19.7. The molecule has 0 unspecified atom stereocenters. The predicted octanol–water partition coefficient (Wildman–Crippen LogP) is -1.19. The van der Waals surface area contributed by atoms with Crippen molar-refractivity contribution in [1.82, 2.24) is 4.90 Å². The number of ether oxygens (including phenoxy) is 1. The van der Waals surface area contributed by atoms with Gasteiger partial charge >= 0.3 is 11.9 Å².